The molecule has 0 fully saturated rings. The first-order valence-electron chi connectivity index (χ1n) is 8.00. The lowest BCUT2D eigenvalue weighted by atomic mass is 9.90. The second kappa shape index (κ2) is 5.42. The summed E-state index contributed by atoms with van der Waals surface area (Å²) in [5.74, 6) is -0.434. The molecule has 0 atom stereocenters. The predicted octanol–water partition coefficient (Wildman–Crippen LogP) is 1.75. The maximum atomic E-state index is 12.5. The van der Waals surface area contributed by atoms with Crippen LogP contribution in [0.4, 0.5) is 0 Å². The van der Waals surface area contributed by atoms with E-state index in [1.165, 1.54) is 7.11 Å². The van der Waals surface area contributed by atoms with Gasteiger partial charge in [-0.25, -0.2) is 9.78 Å². The van der Waals surface area contributed by atoms with Gasteiger partial charge in [0.1, 0.15) is 11.3 Å². The summed E-state index contributed by atoms with van der Waals surface area (Å²) in [6.45, 7) is 7.79. The molecule has 0 saturated carbocycles. The third kappa shape index (κ3) is 2.60. The number of aromatic nitrogens is 2. The molecule has 7 heteroatoms. The number of nitrogens with two attached hydrogens (primary N) is 1. The highest BCUT2D eigenvalue weighted by atomic mass is 16.5. The number of ether oxygens (including phenoxy) is 1. The Morgan fingerprint density at radius 3 is 2.44 bits per heavy atom. The van der Waals surface area contributed by atoms with Gasteiger partial charge in [-0.15, -0.1) is 0 Å². The highest BCUT2D eigenvalue weighted by Crippen LogP contribution is 2.42. The number of hydrogen-bond donors (Lipinski definition) is 3. The van der Waals surface area contributed by atoms with E-state index >= 15 is 0 Å². The molecule has 1 amide bonds. The second-order valence-electron chi connectivity index (χ2n) is 7.27. The zero-order valence-electron chi connectivity index (χ0n) is 15.0. The number of nitrogens with zero attached hydrogens (tertiary/aromatic N) is 1. The summed E-state index contributed by atoms with van der Waals surface area (Å²) in [6.07, 6.45) is 0. The van der Waals surface area contributed by atoms with Crippen molar-refractivity contribution in [2.75, 3.05) is 7.11 Å². The van der Waals surface area contributed by atoms with Crippen LogP contribution in [0.25, 0.3) is 16.6 Å². The fourth-order valence-electron chi connectivity index (χ4n) is 3.75. The number of nitrogens with one attached hydrogen (secondary N) is 2. The van der Waals surface area contributed by atoms with Crippen LogP contribution in [0.1, 0.15) is 43.9 Å². The number of H-pyrrole nitrogens is 1. The van der Waals surface area contributed by atoms with E-state index in [4.69, 9.17) is 10.5 Å². The van der Waals surface area contributed by atoms with Crippen LogP contribution >= 0.6 is 0 Å². The first kappa shape index (κ1) is 17.2. The van der Waals surface area contributed by atoms with Crippen molar-refractivity contribution in [2.45, 2.75) is 38.8 Å². The molecule has 1 aliphatic rings. The Kier molecular flexibility index (Phi) is 3.72. The van der Waals surface area contributed by atoms with E-state index < -0.39 is 23.0 Å². The Labute approximate surface area is 145 Å². The van der Waals surface area contributed by atoms with Crippen LogP contribution in [0.3, 0.4) is 0 Å². The maximum Gasteiger partial charge on any atom is 0.336 e. The smallest absolute Gasteiger partial charge is 0.336 e. The number of carbonyl (C=O) groups excluding carboxylic acids is 2. The third-order valence-corrected chi connectivity index (χ3v) is 4.53. The number of para-hydroxylation sites is 1. The van der Waals surface area contributed by atoms with E-state index in [1.807, 2.05) is 33.8 Å². The van der Waals surface area contributed by atoms with E-state index in [-0.39, 0.29) is 0 Å². The number of fused-ring (bicyclic) bond motifs is 1. The van der Waals surface area contributed by atoms with Gasteiger partial charge >= 0.3 is 5.97 Å². The van der Waals surface area contributed by atoms with Crippen LogP contribution in [0.2, 0.25) is 0 Å². The molecular formula is C18H22N4O3. The van der Waals surface area contributed by atoms with Crippen molar-refractivity contribution >= 4 is 28.5 Å². The molecule has 25 heavy (non-hydrogen) atoms. The normalized spacial score (nSPS) is 18.6. The number of benzene rings is 1. The van der Waals surface area contributed by atoms with Crippen molar-refractivity contribution in [3.8, 4) is 0 Å². The summed E-state index contributed by atoms with van der Waals surface area (Å²) in [4.78, 5) is 31.9. The van der Waals surface area contributed by atoms with Crippen molar-refractivity contribution in [1.29, 1.82) is 0 Å². The molecule has 0 bridgehead atoms. The fraction of sp³-hybridized carbons (Fsp3) is 0.389. The lowest BCUT2D eigenvalue weighted by molar-refractivity contribution is -0.136. The number of esters is 1. The topological polar surface area (TPSA) is 110 Å². The zero-order valence-corrected chi connectivity index (χ0v) is 15.0. The van der Waals surface area contributed by atoms with E-state index in [0.717, 1.165) is 5.57 Å². The molecule has 4 N–H and O–H groups in total. The Bertz CT molecular complexity index is 922. The lowest BCUT2D eigenvalue weighted by Crippen LogP contribution is -2.47. The van der Waals surface area contributed by atoms with Gasteiger partial charge in [0.05, 0.1) is 23.8 Å². The van der Waals surface area contributed by atoms with Gasteiger partial charge in [-0.3, -0.25) is 10.1 Å². The summed E-state index contributed by atoms with van der Waals surface area (Å²) in [6, 6.07) is 5.19. The molecule has 1 aromatic carbocycles. The number of hydrogen-bond acceptors (Lipinski definition) is 5. The summed E-state index contributed by atoms with van der Waals surface area (Å²) in [7, 11) is 1.36. The minimum atomic E-state index is -0.586. The van der Waals surface area contributed by atoms with Gasteiger partial charge in [-0.2, -0.15) is 0 Å². The van der Waals surface area contributed by atoms with Crippen LogP contribution < -0.4 is 11.1 Å². The Balaban J connectivity index is 2.32. The third-order valence-electron chi connectivity index (χ3n) is 4.53. The highest BCUT2D eigenvalue weighted by molar-refractivity contribution is 6.06. The number of rotatable bonds is 3. The first-order valence-corrected chi connectivity index (χ1v) is 8.00. The lowest BCUT2D eigenvalue weighted by Gasteiger charge is -2.27. The van der Waals surface area contributed by atoms with Crippen LogP contribution in [-0.2, 0) is 9.53 Å². The summed E-state index contributed by atoms with van der Waals surface area (Å²) in [5.41, 5.74) is 7.08. The Morgan fingerprint density at radius 1 is 1.16 bits per heavy atom. The van der Waals surface area contributed by atoms with Gasteiger partial charge in [0, 0.05) is 16.7 Å². The molecule has 7 nitrogen and oxygen atoms in total. The summed E-state index contributed by atoms with van der Waals surface area (Å²) < 4.78 is 5.00. The first-order chi connectivity index (χ1) is 11.6. The fourth-order valence-corrected chi connectivity index (χ4v) is 3.75. The maximum absolute atomic E-state index is 12.5. The molecule has 0 aliphatic carbocycles. The van der Waals surface area contributed by atoms with Gasteiger partial charge in [-0.1, -0.05) is 6.07 Å². The summed E-state index contributed by atoms with van der Waals surface area (Å²) in [5, 5.41) is 3.44. The SMILES string of the molecule is COC(=O)C1=C(c2nc3c(C(N)=O)cccc3[nH]2)C(C)(C)NC1(C)C. The van der Waals surface area contributed by atoms with Gasteiger partial charge in [0.25, 0.3) is 5.91 Å². The minimum Gasteiger partial charge on any atom is -0.466 e. The Hall–Kier alpha value is -2.67. The number of methoxy groups -OCH3 is 1. The van der Waals surface area contributed by atoms with Crippen molar-refractivity contribution in [1.82, 2.24) is 15.3 Å². The summed E-state index contributed by atoms with van der Waals surface area (Å²) >= 11 is 0. The highest BCUT2D eigenvalue weighted by Gasteiger charge is 2.48. The molecule has 1 aromatic heterocycles. The molecule has 132 valence electrons. The average molecular weight is 342 g/mol. The van der Waals surface area contributed by atoms with Crippen molar-refractivity contribution < 1.29 is 14.3 Å². The number of amides is 1. The van der Waals surface area contributed by atoms with E-state index in [1.54, 1.807) is 12.1 Å². The monoisotopic (exact) mass is 342 g/mol. The van der Waals surface area contributed by atoms with Crippen LogP contribution in [0.15, 0.2) is 23.8 Å². The molecule has 2 aromatic rings. The standard InChI is InChI=1S/C18H22N4O3/c1-17(2)11(12(16(24)25-5)18(3,4)22-17)15-20-10-8-6-7-9(14(19)23)13(10)21-15/h6-8,22H,1-5H3,(H2,19,23)(H,20,21). The molecule has 3 rings (SSSR count). The average Bonchev–Trinajstić information content (AvgIpc) is 3.00. The molecule has 0 spiro atoms. The second-order valence-corrected chi connectivity index (χ2v) is 7.27. The van der Waals surface area contributed by atoms with Gasteiger partial charge in [-0.05, 0) is 39.8 Å². The van der Waals surface area contributed by atoms with Crippen molar-refractivity contribution in [3.05, 3.63) is 35.2 Å². The quantitative estimate of drug-likeness (QED) is 0.736. The molecule has 0 saturated heterocycles. The van der Waals surface area contributed by atoms with E-state index in [0.29, 0.717) is 28.0 Å². The number of primary amides is 1. The van der Waals surface area contributed by atoms with E-state index in [2.05, 4.69) is 15.3 Å². The van der Waals surface area contributed by atoms with Crippen LogP contribution in [0, 0.1) is 0 Å². The van der Waals surface area contributed by atoms with Crippen molar-refractivity contribution in [2.24, 2.45) is 5.73 Å². The minimum absolute atomic E-state index is 0.336. The molecule has 0 radical (unpaired) electrons. The molecule has 0 unspecified atom stereocenters. The molecular weight excluding hydrogens is 320 g/mol. The number of carbonyl (C=O) groups is 2. The number of aromatic amines is 1. The molecule has 2 heterocycles. The van der Waals surface area contributed by atoms with Crippen LogP contribution in [0.5, 0.6) is 0 Å². The van der Waals surface area contributed by atoms with Gasteiger partial charge < -0.3 is 15.5 Å². The Morgan fingerprint density at radius 2 is 1.84 bits per heavy atom. The van der Waals surface area contributed by atoms with E-state index in [9.17, 15) is 9.59 Å². The predicted molar refractivity (Wildman–Crippen MR) is 94.8 cm³/mol. The number of imidazole rings is 1. The van der Waals surface area contributed by atoms with Gasteiger partial charge in [0.2, 0.25) is 0 Å². The van der Waals surface area contributed by atoms with Gasteiger partial charge in [0.15, 0.2) is 0 Å². The molecule has 1 aliphatic heterocycles. The van der Waals surface area contributed by atoms with Crippen molar-refractivity contribution in [3.63, 3.8) is 0 Å². The van der Waals surface area contributed by atoms with Crippen LogP contribution in [-0.4, -0.2) is 40.0 Å². The largest absolute Gasteiger partial charge is 0.466 e. The zero-order chi connectivity index (χ0) is 18.6.